The molecule has 0 radical (unpaired) electrons. The first-order valence-electron chi connectivity index (χ1n) is 5.05. The Kier molecular flexibility index (Phi) is 4.17. The molecule has 76 valence electrons. The van der Waals surface area contributed by atoms with E-state index in [0.717, 1.165) is 6.42 Å². The van der Waals surface area contributed by atoms with Gasteiger partial charge in [-0.3, -0.25) is 4.79 Å². The maximum Gasteiger partial charge on any atom is 0.219 e. The average Bonchev–Trinajstić information content (AvgIpc) is 2.19. The summed E-state index contributed by atoms with van der Waals surface area (Å²) in [5.74, 6) is 0.119. The van der Waals surface area contributed by atoms with E-state index >= 15 is 0 Å². The number of carbonyl (C=O) groups excluding carboxylic acids is 1. The molecule has 0 fully saturated rings. The van der Waals surface area contributed by atoms with Crippen molar-refractivity contribution in [1.82, 2.24) is 5.32 Å². The topological polar surface area (TPSA) is 29.1 Å². The molecule has 1 aromatic carbocycles. The third-order valence-corrected chi connectivity index (χ3v) is 2.11. The summed E-state index contributed by atoms with van der Waals surface area (Å²) in [6.07, 6.45) is 1.45. The Morgan fingerprint density at radius 3 is 2.57 bits per heavy atom. The minimum absolute atomic E-state index is 0.119. The Morgan fingerprint density at radius 2 is 2.00 bits per heavy atom. The first kappa shape index (κ1) is 10.8. The van der Waals surface area contributed by atoms with Crippen LogP contribution in [0.3, 0.4) is 0 Å². The third-order valence-electron chi connectivity index (χ3n) is 2.11. The molecule has 1 N–H and O–H groups in total. The van der Waals surface area contributed by atoms with Gasteiger partial charge in [-0.1, -0.05) is 37.3 Å². The number of carbonyl (C=O) groups is 1. The second-order valence-corrected chi connectivity index (χ2v) is 3.51. The molecule has 0 saturated carbocycles. The Bertz CT molecular complexity index is 282. The maximum atomic E-state index is 11.1. The van der Waals surface area contributed by atoms with E-state index in [2.05, 4.69) is 17.4 Å². The van der Waals surface area contributed by atoms with Crippen molar-refractivity contribution in [3.63, 3.8) is 0 Å². The Morgan fingerprint density at radius 1 is 1.36 bits per heavy atom. The van der Waals surface area contributed by atoms with Gasteiger partial charge in [0.2, 0.25) is 5.91 Å². The Labute approximate surface area is 85.3 Å². The van der Waals surface area contributed by atoms with Gasteiger partial charge in [-0.2, -0.15) is 0 Å². The van der Waals surface area contributed by atoms with Crippen LogP contribution in [0.1, 0.15) is 25.8 Å². The standard InChI is InChI=1S/C12H17NO/c1-3-12(14)13-10(2)9-11-7-5-4-6-8-11/h4-8,10H,3,9H2,1-2H3,(H,13,14)/t10-/m1/s1. The van der Waals surface area contributed by atoms with Crippen molar-refractivity contribution in [3.8, 4) is 0 Å². The molecule has 1 rings (SSSR count). The van der Waals surface area contributed by atoms with E-state index in [1.807, 2.05) is 32.0 Å². The first-order valence-corrected chi connectivity index (χ1v) is 5.05. The highest BCUT2D eigenvalue weighted by Gasteiger charge is 2.05. The highest BCUT2D eigenvalue weighted by atomic mass is 16.1. The van der Waals surface area contributed by atoms with Crippen molar-refractivity contribution in [3.05, 3.63) is 35.9 Å². The molecule has 0 saturated heterocycles. The van der Waals surface area contributed by atoms with Crippen LogP contribution in [0.2, 0.25) is 0 Å². The predicted octanol–water partition coefficient (Wildman–Crippen LogP) is 2.14. The molecular formula is C12H17NO. The van der Waals surface area contributed by atoms with Gasteiger partial charge in [-0.15, -0.1) is 0 Å². The van der Waals surface area contributed by atoms with E-state index in [1.54, 1.807) is 0 Å². The summed E-state index contributed by atoms with van der Waals surface area (Å²) in [5, 5.41) is 2.94. The van der Waals surface area contributed by atoms with Crippen LogP contribution in [0.5, 0.6) is 0 Å². The van der Waals surface area contributed by atoms with E-state index in [0.29, 0.717) is 6.42 Å². The first-order chi connectivity index (χ1) is 6.72. The van der Waals surface area contributed by atoms with E-state index < -0.39 is 0 Å². The molecule has 0 aromatic heterocycles. The van der Waals surface area contributed by atoms with Gasteiger partial charge in [0.25, 0.3) is 0 Å². The quantitative estimate of drug-likeness (QED) is 0.776. The van der Waals surface area contributed by atoms with Gasteiger partial charge < -0.3 is 5.32 Å². The van der Waals surface area contributed by atoms with Gasteiger partial charge in [-0.05, 0) is 18.9 Å². The zero-order chi connectivity index (χ0) is 10.4. The molecule has 2 heteroatoms. The molecule has 1 aromatic rings. The minimum atomic E-state index is 0.119. The Balaban J connectivity index is 2.41. The largest absolute Gasteiger partial charge is 0.353 e. The predicted molar refractivity (Wildman–Crippen MR) is 58.0 cm³/mol. The van der Waals surface area contributed by atoms with Crippen molar-refractivity contribution in [2.24, 2.45) is 0 Å². The van der Waals surface area contributed by atoms with Crippen molar-refractivity contribution < 1.29 is 4.79 Å². The van der Waals surface area contributed by atoms with Gasteiger partial charge in [0.1, 0.15) is 0 Å². The van der Waals surface area contributed by atoms with Crippen LogP contribution < -0.4 is 5.32 Å². The van der Waals surface area contributed by atoms with Gasteiger partial charge in [0.15, 0.2) is 0 Å². The van der Waals surface area contributed by atoms with Crippen LogP contribution in [0.15, 0.2) is 30.3 Å². The molecule has 0 spiro atoms. The Hall–Kier alpha value is -1.31. The normalized spacial score (nSPS) is 12.1. The summed E-state index contributed by atoms with van der Waals surface area (Å²) in [4.78, 5) is 11.1. The van der Waals surface area contributed by atoms with Gasteiger partial charge in [0.05, 0.1) is 0 Å². The smallest absolute Gasteiger partial charge is 0.219 e. The summed E-state index contributed by atoms with van der Waals surface area (Å²) in [6.45, 7) is 3.89. The fourth-order valence-electron chi connectivity index (χ4n) is 1.40. The molecule has 0 bridgehead atoms. The number of benzene rings is 1. The molecule has 0 aliphatic rings. The van der Waals surface area contributed by atoms with E-state index in [-0.39, 0.29) is 11.9 Å². The van der Waals surface area contributed by atoms with Crippen molar-refractivity contribution in [2.75, 3.05) is 0 Å². The van der Waals surface area contributed by atoms with Crippen molar-refractivity contribution in [2.45, 2.75) is 32.7 Å². The van der Waals surface area contributed by atoms with Crippen LogP contribution in [-0.2, 0) is 11.2 Å². The summed E-state index contributed by atoms with van der Waals surface area (Å²) >= 11 is 0. The van der Waals surface area contributed by atoms with E-state index in [9.17, 15) is 4.79 Å². The van der Waals surface area contributed by atoms with Crippen molar-refractivity contribution in [1.29, 1.82) is 0 Å². The second-order valence-electron chi connectivity index (χ2n) is 3.51. The molecular weight excluding hydrogens is 174 g/mol. The van der Waals surface area contributed by atoms with Gasteiger partial charge in [-0.25, -0.2) is 0 Å². The number of nitrogens with one attached hydrogen (secondary N) is 1. The lowest BCUT2D eigenvalue weighted by Gasteiger charge is -2.12. The number of rotatable bonds is 4. The molecule has 0 heterocycles. The van der Waals surface area contributed by atoms with Crippen LogP contribution in [0, 0.1) is 0 Å². The summed E-state index contributed by atoms with van der Waals surface area (Å²) < 4.78 is 0. The molecule has 1 atom stereocenters. The molecule has 1 amide bonds. The van der Waals surface area contributed by atoms with Crippen LogP contribution in [-0.4, -0.2) is 11.9 Å². The van der Waals surface area contributed by atoms with Gasteiger partial charge >= 0.3 is 0 Å². The summed E-state index contributed by atoms with van der Waals surface area (Å²) in [7, 11) is 0. The molecule has 0 aliphatic carbocycles. The van der Waals surface area contributed by atoms with E-state index in [1.165, 1.54) is 5.56 Å². The highest BCUT2D eigenvalue weighted by Crippen LogP contribution is 2.02. The third kappa shape index (κ3) is 3.60. The zero-order valence-electron chi connectivity index (χ0n) is 8.79. The molecule has 2 nitrogen and oxygen atoms in total. The SMILES string of the molecule is CCC(=O)N[C@H](C)Cc1ccccc1. The highest BCUT2D eigenvalue weighted by molar-refractivity contribution is 5.75. The fourth-order valence-corrected chi connectivity index (χ4v) is 1.40. The lowest BCUT2D eigenvalue weighted by molar-refractivity contribution is -0.121. The summed E-state index contributed by atoms with van der Waals surface area (Å²) in [6, 6.07) is 10.4. The van der Waals surface area contributed by atoms with Gasteiger partial charge in [0, 0.05) is 12.5 Å². The lowest BCUT2D eigenvalue weighted by Crippen LogP contribution is -2.33. The second kappa shape index (κ2) is 5.43. The summed E-state index contributed by atoms with van der Waals surface area (Å²) in [5.41, 5.74) is 1.26. The zero-order valence-corrected chi connectivity index (χ0v) is 8.79. The van der Waals surface area contributed by atoms with E-state index in [4.69, 9.17) is 0 Å². The minimum Gasteiger partial charge on any atom is -0.353 e. The van der Waals surface area contributed by atoms with Crippen molar-refractivity contribution >= 4 is 5.91 Å². The maximum absolute atomic E-state index is 11.1. The fraction of sp³-hybridized carbons (Fsp3) is 0.417. The number of amides is 1. The van der Waals surface area contributed by atoms with Crippen LogP contribution in [0.4, 0.5) is 0 Å². The van der Waals surface area contributed by atoms with Crippen LogP contribution in [0.25, 0.3) is 0 Å². The lowest BCUT2D eigenvalue weighted by atomic mass is 10.1. The monoisotopic (exact) mass is 191 g/mol. The number of hydrogen-bond donors (Lipinski definition) is 1. The molecule has 0 aliphatic heterocycles. The average molecular weight is 191 g/mol. The van der Waals surface area contributed by atoms with Crippen LogP contribution >= 0.6 is 0 Å². The molecule has 14 heavy (non-hydrogen) atoms. The molecule has 0 unspecified atom stereocenters. The number of hydrogen-bond acceptors (Lipinski definition) is 1.